The molecular weight excluding hydrogens is 174 g/mol. The zero-order valence-corrected chi connectivity index (χ0v) is 6.88. The number of rotatable bonds is 2. The fraction of sp³-hybridized carbons (Fsp3) is 0. The Balaban J connectivity index is 2.41. The van der Waals surface area contributed by atoms with E-state index in [0.717, 1.165) is 4.88 Å². The third-order valence-corrected chi connectivity index (χ3v) is 2.30. The van der Waals surface area contributed by atoms with Gasteiger partial charge >= 0.3 is 0 Å². The lowest BCUT2D eigenvalue weighted by atomic mass is 10.3. The number of nitrogens with zero attached hydrogens (tertiary/aromatic N) is 1. The van der Waals surface area contributed by atoms with Crippen molar-refractivity contribution in [1.82, 2.24) is 5.16 Å². The third-order valence-electron chi connectivity index (χ3n) is 1.41. The first-order valence-corrected chi connectivity index (χ1v) is 4.24. The van der Waals surface area contributed by atoms with E-state index in [1.54, 1.807) is 17.4 Å². The van der Waals surface area contributed by atoms with Gasteiger partial charge in [-0.25, -0.2) is 0 Å². The van der Waals surface area contributed by atoms with Crippen molar-refractivity contribution in [3.63, 3.8) is 0 Å². The Hall–Kier alpha value is -1.42. The summed E-state index contributed by atoms with van der Waals surface area (Å²) in [5.74, 6) is 0.645. The Morgan fingerprint density at radius 1 is 1.58 bits per heavy atom. The quantitative estimate of drug-likeness (QED) is 0.664. The highest BCUT2D eigenvalue weighted by atomic mass is 32.1. The van der Waals surface area contributed by atoms with Crippen LogP contribution in [0.5, 0.6) is 0 Å². The monoisotopic (exact) mass is 179 g/mol. The summed E-state index contributed by atoms with van der Waals surface area (Å²) in [5.41, 5.74) is 0.332. The van der Waals surface area contributed by atoms with Crippen LogP contribution in [0.25, 0.3) is 10.6 Å². The molecule has 0 N–H and O–H groups in total. The fourth-order valence-corrected chi connectivity index (χ4v) is 1.55. The molecule has 60 valence electrons. The molecule has 0 spiro atoms. The second kappa shape index (κ2) is 2.91. The van der Waals surface area contributed by atoms with Crippen LogP contribution in [0.15, 0.2) is 28.1 Å². The molecule has 0 amide bonds. The maximum absolute atomic E-state index is 10.3. The van der Waals surface area contributed by atoms with E-state index in [2.05, 4.69) is 5.16 Å². The van der Waals surface area contributed by atoms with Gasteiger partial charge in [0.25, 0.3) is 0 Å². The summed E-state index contributed by atoms with van der Waals surface area (Å²) in [5, 5.41) is 5.50. The van der Waals surface area contributed by atoms with Crippen LogP contribution in [0.2, 0.25) is 0 Å². The van der Waals surface area contributed by atoms with Gasteiger partial charge in [0.15, 0.2) is 12.0 Å². The summed E-state index contributed by atoms with van der Waals surface area (Å²) in [4.78, 5) is 11.3. The summed E-state index contributed by atoms with van der Waals surface area (Å²) in [6.07, 6.45) is 0.667. The van der Waals surface area contributed by atoms with Gasteiger partial charge in [-0.15, -0.1) is 11.3 Å². The van der Waals surface area contributed by atoms with E-state index in [4.69, 9.17) is 4.52 Å². The normalized spacial score (nSPS) is 10.0. The van der Waals surface area contributed by atoms with Crippen molar-refractivity contribution in [2.75, 3.05) is 0 Å². The molecule has 0 unspecified atom stereocenters. The maximum atomic E-state index is 10.3. The molecule has 2 aromatic rings. The van der Waals surface area contributed by atoms with Crippen molar-refractivity contribution < 1.29 is 9.32 Å². The SMILES string of the molecule is O=Cc1cc(-c2cccs2)on1. The molecule has 2 heterocycles. The Labute approximate surface area is 72.6 Å². The highest BCUT2D eigenvalue weighted by Gasteiger charge is 2.05. The highest BCUT2D eigenvalue weighted by molar-refractivity contribution is 7.13. The van der Waals surface area contributed by atoms with Crippen LogP contribution in [0.1, 0.15) is 10.5 Å². The minimum absolute atomic E-state index is 0.332. The molecule has 0 aliphatic carbocycles. The van der Waals surface area contributed by atoms with E-state index in [1.165, 1.54) is 0 Å². The first-order valence-electron chi connectivity index (χ1n) is 3.36. The van der Waals surface area contributed by atoms with Crippen molar-refractivity contribution in [1.29, 1.82) is 0 Å². The molecule has 0 aromatic carbocycles. The van der Waals surface area contributed by atoms with Crippen LogP contribution in [-0.4, -0.2) is 11.4 Å². The van der Waals surface area contributed by atoms with Gasteiger partial charge < -0.3 is 4.52 Å². The van der Waals surface area contributed by atoms with Crippen molar-refractivity contribution in [2.24, 2.45) is 0 Å². The Morgan fingerprint density at radius 3 is 3.08 bits per heavy atom. The predicted molar refractivity (Wildman–Crippen MR) is 45.2 cm³/mol. The summed E-state index contributed by atoms with van der Waals surface area (Å²) in [7, 11) is 0. The number of hydrogen-bond donors (Lipinski definition) is 0. The fourth-order valence-electron chi connectivity index (χ4n) is 0.879. The standard InChI is InChI=1S/C8H5NO2S/c10-5-6-4-7(11-9-6)8-2-1-3-12-8/h1-5H. The van der Waals surface area contributed by atoms with Crippen LogP contribution in [0, 0.1) is 0 Å². The van der Waals surface area contributed by atoms with Gasteiger partial charge in [0, 0.05) is 6.07 Å². The van der Waals surface area contributed by atoms with Gasteiger partial charge in [-0.3, -0.25) is 4.79 Å². The van der Waals surface area contributed by atoms with E-state index in [1.807, 2.05) is 17.5 Å². The molecule has 2 aromatic heterocycles. The minimum atomic E-state index is 0.332. The molecule has 0 bridgehead atoms. The van der Waals surface area contributed by atoms with E-state index in [-0.39, 0.29) is 0 Å². The number of aldehydes is 1. The van der Waals surface area contributed by atoms with Gasteiger partial charge in [0.1, 0.15) is 5.69 Å². The van der Waals surface area contributed by atoms with Crippen molar-refractivity contribution in [3.05, 3.63) is 29.3 Å². The number of hydrogen-bond acceptors (Lipinski definition) is 4. The van der Waals surface area contributed by atoms with Crippen molar-refractivity contribution in [3.8, 4) is 10.6 Å². The summed E-state index contributed by atoms with van der Waals surface area (Å²) in [6.45, 7) is 0. The molecule has 12 heavy (non-hydrogen) atoms. The Bertz CT molecular complexity index is 377. The number of carbonyl (C=O) groups is 1. The first-order chi connectivity index (χ1) is 5.90. The van der Waals surface area contributed by atoms with Gasteiger partial charge in [-0.2, -0.15) is 0 Å². The molecule has 0 fully saturated rings. The molecule has 2 rings (SSSR count). The smallest absolute Gasteiger partial charge is 0.177 e. The molecular formula is C8H5NO2S. The number of carbonyl (C=O) groups excluding carboxylic acids is 1. The second-order valence-corrected chi connectivity index (χ2v) is 3.16. The van der Waals surface area contributed by atoms with Crippen LogP contribution in [0.3, 0.4) is 0 Å². The van der Waals surface area contributed by atoms with Crippen LogP contribution in [-0.2, 0) is 0 Å². The van der Waals surface area contributed by atoms with Gasteiger partial charge in [0.05, 0.1) is 4.88 Å². The molecule has 0 radical (unpaired) electrons. The lowest BCUT2D eigenvalue weighted by Gasteiger charge is -1.82. The van der Waals surface area contributed by atoms with Crippen LogP contribution < -0.4 is 0 Å². The lowest BCUT2D eigenvalue weighted by molar-refractivity contribution is 0.111. The largest absolute Gasteiger partial charge is 0.355 e. The Kier molecular flexibility index (Phi) is 1.75. The zero-order chi connectivity index (χ0) is 8.39. The van der Waals surface area contributed by atoms with Gasteiger partial charge in [-0.1, -0.05) is 11.2 Å². The second-order valence-electron chi connectivity index (χ2n) is 2.21. The molecule has 0 aliphatic rings. The average Bonchev–Trinajstić information content (AvgIpc) is 2.75. The topological polar surface area (TPSA) is 43.1 Å². The molecule has 0 saturated carbocycles. The highest BCUT2D eigenvalue weighted by Crippen LogP contribution is 2.24. The van der Waals surface area contributed by atoms with Crippen LogP contribution in [0.4, 0.5) is 0 Å². The first kappa shape index (κ1) is 7.24. The number of thiophene rings is 1. The lowest BCUT2D eigenvalue weighted by Crippen LogP contribution is -1.72. The molecule has 3 nitrogen and oxygen atoms in total. The average molecular weight is 179 g/mol. The van der Waals surface area contributed by atoms with Crippen molar-refractivity contribution in [2.45, 2.75) is 0 Å². The van der Waals surface area contributed by atoms with E-state index in [9.17, 15) is 4.79 Å². The predicted octanol–water partition coefficient (Wildman–Crippen LogP) is 2.22. The van der Waals surface area contributed by atoms with Crippen molar-refractivity contribution >= 4 is 17.6 Å². The number of aromatic nitrogens is 1. The molecule has 0 saturated heterocycles. The maximum Gasteiger partial charge on any atom is 0.177 e. The summed E-state index contributed by atoms with van der Waals surface area (Å²) in [6, 6.07) is 5.46. The summed E-state index contributed by atoms with van der Waals surface area (Å²) >= 11 is 1.55. The van der Waals surface area contributed by atoms with E-state index >= 15 is 0 Å². The van der Waals surface area contributed by atoms with Gasteiger partial charge in [-0.05, 0) is 11.4 Å². The van der Waals surface area contributed by atoms with E-state index < -0.39 is 0 Å². The molecule has 0 atom stereocenters. The third kappa shape index (κ3) is 1.16. The minimum Gasteiger partial charge on any atom is -0.355 e. The molecule has 0 aliphatic heterocycles. The summed E-state index contributed by atoms with van der Waals surface area (Å²) < 4.78 is 4.93. The van der Waals surface area contributed by atoms with E-state index in [0.29, 0.717) is 17.7 Å². The Morgan fingerprint density at radius 2 is 2.50 bits per heavy atom. The van der Waals surface area contributed by atoms with Gasteiger partial charge in [0.2, 0.25) is 0 Å². The van der Waals surface area contributed by atoms with Crippen LogP contribution >= 0.6 is 11.3 Å². The molecule has 4 heteroatoms. The zero-order valence-electron chi connectivity index (χ0n) is 6.06.